The Morgan fingerprint density at radius 1 is 1.00 bits per heavy atom. The Morgan fingerprint density at radius 3 is 2.51 bits per heavy atom. The van der Waals surface area contributed by atoms with Gasteiger partial charge in [-0.3, -0.25) is 14.4 Å². The Bertz CT molecular complexity index is 1990. The van der Waals surface area contributed by atoms with Crippen molar-refractivity contribution in [2.24, 2.45) is 5.92 Å². The van der Waals surface area contributed by atoms with Gasteiger partial charge in [-0.2, -0.15) is 0 Å². The number of phenolic OH excluding ortho intramolecular Hbond substituents is 2. The van der Waals surface area contributed by atoms with E-state index in [2.05, 4.69) is 0 Å². The van der Waals surface area contributed by atoms with Crippen molar-refractivity contribution in [3.63, 3.8) is 0 Å². The third-order valence-electron chi connectivity index (χ3n) is 7.34. The highest BCUT2D eigenvalue weighted by Gasteiger charge is 2.35. The average Bonchev–Trinajstić information content (AvgIpc) is 2.93. The molecule has 0 unspecified atom stereocenters. The number of esters is 1. The van der Waals surface area contributed by atoms with Crippen LogP contribution in [0, 0.1) is 5.92 Å². The second-order valence-corrected chi connectivity index (χ2v) is 10.6. The third-order valence-corrected chi connectivity index (χ3v) is 7.34. The van der Waals surface area contributed by atoms with Crippen LogP contribution in [0.25, 0.3) is 33.2 Å². The molecule has 0 saturated carbocycles. The minimum absolute atomic E-state index is 0.00160. The van der Waals surface area contributed by atoms with Gasteiger partial charge in [0.15, 0.2) is 16.9 Å². The van der Waals surface area contributed by atoms with Crippen LogP contribution >= 0.6 is 0 Å². The summed E-state index contributed by atoms with van der Waals surface area (Å²) in [5.74, 6) is -1.42. The SMILES string of the molecule is COc1ccc(-c2cc(=O)c3c(O)cc4c(c3o2)[C@@H](c2cc3ccccc3n(CC(C)C)c2=O)CC(=O)O4)cc1O. The summed E-state index contributed by atoms with van der Waals surface area (Å²) in [5.41, 5.74) is 1.03. The van der Waals surface area contributed by atoms with E-state index in [9.17, 15) is 24.6 Å². The summed E-state index contributed by atoms with van der Waals surface area (Å²) in [7, 11) is 1.42. The zero-order chi connectivity index (χ0) is 29.0. The molecule has 1 atom stereocenters. The molecule has 0 saturated heterocycles. The van der Waals surface area contributed by atoms with Crippen molar-refractivity contribution in [3.05, 3.63) is 92.4 Å². The number of ether oxygens (including phenoxy) is 2. The molecule has 6 rings (SSSR count). The Morgan fingerprint density at radius 2 is 1.78 bits per heavy atom. The fourth-order valence-electron chi connectivity index (χ4n) is 5.56. The number of carbonyl (C=O) groups excluding carboxylic acids is 1. The smallest absolute Gasteiger partial charge is 0.312 e. The lowest BCUT2D eigenvalue weighted by Gasteiger charge is -2.26. The van der Waals surface area contributed by atoms with Crippen molar-refractivity contribution in [3.8, 4) is 34.3 Å². The van der Waals surface area contributed by atoms with E-state index in [4.69, 9.17) is 13.9 Å². The van der Waals surface area contributed by atoms with E-state index in [1.807, 2.05) is 38.1 Å². The van der Waals surface area contributed by atoms with Gasteiger partial charge in [0.05, 0.1) is 19.0 Å². The van der Waals surface area contributed by atoms with Gasteiger partial charge in [0.1, 0.15) is 28.2 Å². The second-order valence-electron chi connectivity index (χ2n) is 10.6. The lowest BCUT2D eigenvalue weighted by atomic mass is 9.85. The molecule has 0 amide bonds. The fraction of sp³-hybridized carbons (Fsp3) is 0.219. The van der Waals surface area contributed by atoms with Crippen LogP contribution in [0.15, 0.2) is 74.7 Å². The summed E-state index contributed by atoms with van der Waals surface area (Å²) in [6.07, 6.45) is -0.167. The van der Waals surface area contributed by atoms with Crippen molar-refractivity contribution in [2.45, 2.75) is 32.7 Å². The summed E-state index contributed by atoms with van der Waals surface area (Å²) in [5, 5.41) is 21.8. The van der Waals surface area contributed by atoms with Crippen molar-refractivity contribution in [1.29, 1.82) is 0 Å². The molecule has 0 aliphatic carbocycles. The van der Waals surface area contributed by atoms with Gasteiger partial charge in [0.25, 0.3) is 5.56 Å². The number of rotatable bonds is 5. The molecule has 2 aromatic heterocycles. The normalized spacial score (nSPS) is 14.8. The van der Waals surface area contributed by atoms with Gasteiger partial charge in [0.2, 0.25) is 0 Å². The molecular formula is C32H27NO8. The quantitative estimate of drug-likeness (QED) is 0.222. The molecule has 2 N–H and O–H groups in total. The number of nitrogens with zero attached hydrogens (tertiary/aromatic N) is 1. The van der Waals surface area contributed by atoms with Crippen molar-refractivity contribution in [1.82, 2.24) is 4.57 Å². The van der Waals surface area contributed by atoms with Gasteiger partial charge < -0.3 is 28.7 Å². The van der Waals surface area contributed by atoms with E-state index < -0.39 is 23.1 Å². The van der Waals surface area contributed by atoms with Crippen LogP contribution in [-0.4, -0.2) is 27.9 Å². The maximum atomic E-state index is 14.0. The van der Waals surface area contributed by atoms with Crippen molar-refractivity contribution < 1.29 is 28.9 Å². The molecule has 41 heavy (non-hydrogen) atoms. The Labute approximate surface area is 233 Å². The standard InChI is InChI=1S/C32H27NO8/c1-16(2)15-33-21-7-5-4-6-17(21)10-20(32(33)38)19-12-28(37)40-27-14-24(36)30-23(35)13-26(41-31(30)29(19)27)18-8-9-25(39-3)22(34)11-18/h4-11,13-14,16,19,34,36H,12,15H2,1-3H3/t19-/m1/s1. The van der Waals surface area contributed by atoms with Crippen molar-refractivity contribution >= 4 is 27.8 Å². The Kier molecular flexibility index (Phi) is 6.29. The number of hydrogen-bond acceptors (Lipinski definition) is 8. The largest absolute Gasteiger partial charge is 0.507 e. The first kappa shape index (κ1) is 26.2. The predicted molar refractivity (Wildman–Crippen MR) is 153 cm³/mol. The van der Waals surface area contributed by atoms with Crippen LogP contribution in [0.3, 0.4) is 0 Å². The molecule has 0 spiro atoms. The number of pyridine rings is 1. The van der Waals surface area contributed by atoms with Crippen LogP contribution in [0.5, 0.6) is 23.0 Å². The Hall–Kier alpha value is -5.05. The molecule has 0 bridgehead atoms. The van der Waals surface area contributed by atoms with Crippen molar-refractivity contribution in [2.75, 3.05) is 7.11 Å². The number of benzene rings is 3. The number of aromatic nitrogens is 1. The molecule has 1 aliphatic heterocycles. The van der Waals surface area contributed by atoms with Gasteiger partial charge in [-0.1, -0.05) is 32.0 Å². The number of aromatic hydroxyl groups is 2. The molecule has 5 aromatic rings. The van der Waals surface area contributed by atoms with E-state index in [1.54, 1.807) is 16.7 Å². The molecule has 9 heteroatoms. The number of para-hydroxylation sites is 1. The number of carbonyl (C=O) groups is 1. The van der Waals surface area contributed by atoms with Gasteiger partial charge in [0, 0.05) is 41.3 Å². The second kappa shape index (κ2) is 9.85. The summed E-state index contributed by atoms with van der Waals surface area (Å²) in [6.45, 7) is 4.50. The zero-order valence-electron chi connectivity index (χ0n) is 22.6. The first-order chi connectivity index (χ1) is 19.7. The monoisotopic (exact) mass is 553 g/mol. The summed E-state index contributed by atoms with van der Waals surface area (Å²) < 4.78 is 18.6. The maximum absolute atomic E-state index is 14.0. The highest BCUT2D eigenvalue weighted by molar-refractivity contribution is 5.93. The molecule has 208 valence electrons. The van der Waals surface area contributed by atoms with Crippen LogP contribution in [0.4, 0.5) is 0 Å². The third kappa shape index (κ3) is 4.39. The number of phenols is 2. The lowest BCUT2D eigenvalue weighted by Crippen LogP contribution is -2.31. The van der Waals surface area contributed by atoms with Crippen LogP contribution < -0.4 is 20.5 Å². The summed E-state index contributed by atoms with van der Waals surface area (Å²) in [4.78, 5) is 40.2. The number of fused-ring (bicyclic) bond motifs is 4. The molecule has 3 heterocycles. The minimum Gasteiger partial charge on any atom is -0.507 e. The highest BCUT2D eigenvalue weighted by atomic mass is 16.5. The lowest BCUT2D eigenvalue weighted by molar-refractivity contribution is -0.135. The number of hydrogen-bond donors (Lipinski definition) is 2. The van der Waals surface area contributed by atoms with E-state index >= 15 is 0 Å². The van der Waals surface area contributed by atoms with Gasteiger partial charge in [-0.05, 0) is 41.6 Å². The molecular weight excluding hydrogens is 526 g/mol. The predicted octanol–water partition coefficient (Wildman–Crippen LogP) is 5.29. The maximum Gasteiger partial charge on any atom is 0.312 e. The summed E-state index contributed by atoms with van der Waals surface area (Å²) in [6, 6.07) is 16.3. The van der Waals surface area contributed by atoms with Crippen LogP contribution in [0.2, 0.25) is 0 Å². The summed E-state index contributed by atoms with van der Waals surface area (Å²) >= 11 is 0. The first-order valence-electron chi connectivity index (χ1n) is 13.2. The molecule has 1 aliphatic rings. The molecule has 0 fully saturated rings. The molecule has 9 nitrogen and oxygen atoms in total. The van der Waals surface area contributed by atoms with E-state index in [-0.39, 0.29) is 51.9 Å². The molecule has 3 aromatic carbocycles. The topological polar surface area (TPSA) is 128 Å². The van der Waals surface area contributed by atoms with E-state index in [0.29, 0.717) is 23.2 Å². The molecule has 0 radical (unpaired) electrons. The van der Waals surface area contributed by atoms with E-state index in [0.717, 1.165) is 10.9 Å². The Balaban J connectivity index is 1.65. The fourth-order valence-corrected chi connectivity index (χ4v) is 5.56. The highest BCUT2D eigenvalue weighted by Crippen LogP contribution is 2.46. The van der Waals surface area contributed by atoms with Gasteiger partial charge in [-0.15, -0.1) is 0 Å². The number of methoxy groups -OCH3 is 1. The van der Waals surface area contributed by atoms with Gasteiger partial charge in [-0.25, -0.2) is 0 Å². The van der Waals surface area contributed by atoms with Gasteiger partial charge >= 0.3 is 5.97 Å². The zero-order valence-corrected chi connectivity index (χ0v) is 22.6. The first-order valence-corrected chi connectivity index (χ1v) is 13.2. The minimum atomic E-state index is -0.812. The van der Waals surface area contributed by atoms with Crippen LogP contribution in [-0.2, 0) is 11.3 Å². The van der Waals surface area contributed by atoms with E-state index in [1.165, 1.54) is 31.4 Å². The average molecular weight is 554 g/mol. The van der Waals surface area contributed by atoms with Crippen LogP contribution in [0.1, 0.15) is 37.3 Å².